The summed E-state index contributed by atoms with van der Waals surface area (Å²) < 4.78 is 0. The molecule has 1 heterocycles. The van der Waals surface area contributed by atoms with Gasteiger partial charge >= 0.3 is 0 Å². The number of anilines is 2. The average Bonchev–Trinajstić information content (AvgIpc) is 2.32. The van der Waals surface area contributed by atoms with Crippen LogP contribution in [-0.4, -0.2) is 36.6 Å². The molecule has 102 valence electrons. The van der Waals surface area contributed by atoms with E-state index in [1.54, 1.807) is 0 Å². The van der Waals surface area contributed by atoms with Gasteiger partial charge in [-0.2, -0.15) is 0 Å². The molecule has 5 nitrogen and oxygen atoms in total. The second-order valence-electron chi connectivity index (χ2n) is 5.00. The van der Waals surface area contributed by atoms with Gasteiger partial charge in [-0.25, -0.2) is 9.97 Å². The summed E-state index contributed by atoms with van der Waals surface area (Å²) in [5.41, 5.74) is 5.52. The van der Waals surface area contributed by atoms with Gasteiger partial charge in [-0.3, -0.25) is 0 Å². The lowest BCUT2D eigenvalue weighted by atomic mass is 10.2. The average molecular weight is 251 g/mol. The number of nitrogens with one attached hydrogen (secondary N) is 1. The highest BCUT2D eigenvalue weighted by atomic mass is 15.2. The monoisotopic (exact) mass is 251 g/mol. The van der Waals surface area contributed by atoms with Gasteiger partial charge in [0, 0.05) is 26.2 Å². The standard InChI is InChI=1S/C13H25N5/c1-10(2)9-15-12-8-13(17-11(3)16-12)18(4)7-5-6-14/h8,10H,5-7,9,14H2,1-4H3,(H,15,16,17). The molecule has 1 aromatic rings. The Morgan fingerprint density at radius 1 is 1.39 bits per heavy atom. The van der Waals surface area contributed by atoms with Crippen molar-refractivity contribution in [3.63, 3.8) is 0 Å². The third-order valence-electron chi connectivity index (χ3n) is 2.60. The third kappa shape index (κ3) is 4.87. The second kappa shape index (κ2) is 7.16. The van der Waals surface area contributed by atoms with Gasteiger partial charge in [0.1, 0.15) is 17.5 Å². The fourth-order valence-corrected chi connectivity index (χ4v) is 1.59. The summed E-state index contributed by atoms with van der Waals surface area (Å²) in [6.45, 7) is 8.80. The van der Waals surface area contributed by atoms with Crippen molar-refractivity contribution >= 4 is 11.6 Å². The minimum absolute atomic E-state index is 0.596. The fourth-order valence-electron chi connectivity index (χ4n) is 1.59. The van der Waals surface area contributed by atoms with Gasteiger partial charge in [0.25, 0.3) is 0 Å². The van der Waals surface area contributed by atoms with Gasteiger partial charge in [0.15, 0.2) is 0 Å². The molecule has 1 rings (SSSR count). The Balaban J connectivity index is 2.73. The summed E-state index contributed by atoms with van der Waals surface area (Å²) >= 11 is 0. The van der Waals surface area contributed by atoms with Crippen LogP contribution in [0.5, 0.6) is 0 Å². The van der Waals surface area contributed by atoms with Crippen molar-refractivity contribution < 1.29 is 0 Å². The van der Waals surface area contributed by atoms with E-state index >= 15 is 0 Å². The maximum Gasteiger partial charge on any atom is 0.134 e. The van der Waals surface area contributed by atoms with Crippen LogP contribution in [0.2, 0.25) is 0 Å². The van der Waals surface area contributed by atoms with Crippen LogP contribution < -0.4 is 16.0 Å². The van der Waals surface area contributed by atoms with Crippen molar-refractivity contribution in [1.29, 1.82) is 0 Å². The summed E-state index contributed by atoms with van der Waals surface area (Å²) in [6, 6.07) is 1.99. The summed E-state index contributed by atoms with van der Waals surface area (Å²) in [5.74, 6) is 3.23. The van der Waals surface area contributed by atoms with Crippen LogP contribution in [0, 0.1) is 12.8 Å². The first-order valence-electron chi connectivity index (χ1n) is 6.53. The Kier molecular flexibility index (Phi) is 5.85. The number of hydrogen-bond donors (Lipinski definition) is 2. The van der Waals surface area contributed by atoms with Crippen LogP contribution in [-0.2, 0) is 0 Å². The topological polar surface area (TPSA) is 67.1 Å². The van der Waals surface area contributed by atoms with Crippen LogP contribution in [0.15, 0.2) is 6.07 Å². The van der Waals surface area contributed by atoms with Gasteiger partial charge < -0.3 is 16.0 Å². The SMILES string of the molecule is Cc1nc(NCC(C)C)cc(N(C)CCCN)n1. The van der Waals surface area contributed by atoms with Crippen molar-refractivity contribution in [1.82, 2.24) is 9.97 Å². The highest BCUT2D eigenvalue weighted by molar-refractivity contribution is 5.48. The Morgan fingerprint density at radius 3 is 2.72 bits per heavy atom. The Morgan fingerprint density at radius 2 is 2.11 bits per heavy atom. The molecule has 0 saturated carbocycles. The molecule has 0 bridgehead atoms. The number of aryl methyl sites for hydroxylation is 1. The molecule has 0 aromatic carbocycles. The molecule has 3 N–H and O–H groups in total. The van der Waals surface area contributed by atoms with E-state index in [-0.39, 0.29) is 0 Å². The molecule has 5 heteroatoms. The number of nitrogens with zero attached hydrogens (tertiary/aromatic N) is 3. The van der Waals surface area contributed by atoms with Gasteiger partial charge in [-0.1, -0.05) is 13.8 Å². The predicted octanol–water partition coefficient (Wildman–Crippen LogP) is 1.64. The van der Waals surface area contributed by atoms with Crippen molar-refractivity contribution in [2.24, 2.45) is 11.7 Å². The first kappa shape index (κ1) is 14.7. The zero-order chi connectivity index (χ0) is 13.5. The maximum absolute atomic E-state index is 5.52. The smallest absolute Gasteiger partial charge is 0.134 e. The molecule has 0 fully saturated rings. The highest BCUT2D eigenvalue weighted by Gasteiger charge is 2.06. The minimum Gasteiger partial charge on any atom is -0.370 e. The normalized spacial score (nSPS) is 10.8. The third-order valence-corrected chi connectivity index (χ3v) is 2.60. The summed E-state index contributed by atoms with van der Waals surface area (Å²) in [4.78, 5) is 11.0. The molecule has 1 aromatic heterocycles. The summed E-state index contributed by atoms with van der Waals surface area (Å²) in [5, 5.41) is 3.33. The van der Waals surface area contributed by atoms with E-state index in [1.165, 1.54) is 0 Å². The molecule has 0 unspecified atom stereocenters. The number of nitrogens with two attached hydrogens (primary N) is 1. The van der Waals surface area contributed by atoms with Crippen LogP contribution in [0.1, 0.15) is 26.1 Å². The van der Waals surface area contributed by atoms with E-state index in [2.05, 4.69) is 34.0 Å². The molecule has 18 heavy (non-hydrogen) atoms. The Labute approximate surface area is 110 Å². The quantitative estimate of drug-likeness (QED) is 0.771. The van der Waals surface area contributed by atoms with Crippen molar-refractivity contribution in [3.05, 3.63) is 11.9 Å². The van der Waals surface area contributed by atoms with Crippen LogP contribution in [0.4, 0.5) is 11.6 Å². The van der Waals surface area contributed by atoms with E-state index in [0.717, 1.165) is 37.0 Å². The zero-order valence-corrected chi connectivity index (χ0v) is 11.9. The molecule has 0 atom stereocenters. The van der Waals surface area contributed by atoms with Gasteiger partial charge in [-0.15, -0.1) is 0 Å². The molecular formula is C13H25N5. The van der Waals surface area contributed by atoms with Crippen molar-refractivity contribution in [2.45, 2.75) is 27.2 Å². The number of aromatic nitrogens is 2. The second-order valence-corrected chi connectivity index (χ2v) is 5.00. The Bertz CT molecular complexity index is 364. The lowest BCUT2D eigenvalue weighted by Crippen LogP contribution is -2.23. The van der Waals surface area contributed by atoms with Crippen LogP contribution in [0.3, 0.4) is 0 Å². The lowest BCUT2D eigenvalue weighted by Gasteiger charge is -2.19. The fraction of sp³-hybridized carbons (Fsp3) is 0.692. The van der Waals surface area contributed by atoms with Crippen molar-refractivity contribution in [2.75, 3.05) is 36.9 Å². The minimum atomic E-state index is 0.596. The Hall–Kier alpha value is -1.36. The predicted molar refractivity (Wildman–Crippen MR) is 77.0 cm³/mol. The summed E-state index contributed by atoms with van der Waals surface area (Å²) in [6.07, 6.45) is 0.967. The molecule has 0 aliphatic rings. The first-order valence-corrected chi connectivity index (χ1v) is 6.53. The van der Waals surface area contributed by atoms with E-state index in [0.29, 0.717) is 12.5 Å². The molecule has 0 saturated heterocycles. The van der Waals surface area contributed by atoms with Crippen molar-refractivity contribution in [3.8, 4) is 0 Å². The zero-order valence-electron chi connectivity index (χ0n) is 11.9. The van der Waals surface area contributed by atoms with E-state index in [9.17, 15) is 0 Å². The number of hydrogen-bond acceptors (Lipinski definition) is 5. The van der Waals surface area contributed by atoms with Gasteiger partial charge in [-0.05, 0) is 25.8 Å². The molecular weight excluding hydrogens is 226 g/mol. The van der Waals surface area contributed by atoms with Crippen LogP contribution >= 0.6 is 0 Å². The molecule has 0 amide bonds. The van der Waals surface area contributed by atoms with E-state index in [1.807, 2.05) is 20.0 Å². The largest absolute Gasteiger partial charge is 0.370 e. The maximum atomic E-state index is 5.52. The first-order chi connectivity index (χ1) is 8.52. The van der Waals surface area contributed by atoms with Gasteiger partial charge in [0.05, 0.1) is 0 Å². The van der Waals surface area contributed by atoms with E-state index < -0.39 is 0 Å². The molecule has 0 spiro atoms. The number of rotatable bonds is 7. The molecule has 0 radical (unpaired) electrons. The highest BCUT2D eigenvalue weighted by Crippen LogP contribution is 2.15. The molecule has 0 aliphatic carbocycles. The van der Waals surface area contributed by atoms with Crippen LogP contribution in [0.25, 0.3) is 0 Å². The van der Waals surface area contributed by atoms with E-state index in [4.69, 9.17) is 5.73 Å². The van der Waals surface area contributed by atoms with Gasteiger partial charge in [0.2, 0.25) is 0 Å². The summed E-state index contributed by atoms with van der Waals surface area (Å²) in [7, 11) is 2.03. The molecule has 0 aliphatic heterocycles. The lowest BCUT2D eigenvalue weighted by molar-refractivity contribution is 0.686.